The first-order valence-corrected chi connectivity index (χ1v) is 7.01. The number of halogens is 1. The van der Waals surface area contributed by atoms with Crippen LogP contribution in [0.5, 0.6) is 0 Å². The Morgan fingerprint density at radius 2 is 2.30 bits per heavy atom. The Bertz CT molecular complexity index is 513. The third kappa shape index (κ3) is 3.45. The van der Waals surface area contributed by atoms with Crippen LogP contribution in [0.4, 0.5) is 4.39 Å². The van der Waals surface area contributed by atoms with Crippen molar-refractivity contribution in [2.24, 2.45) is 0 Å². The lowest BCUT2D eigenvalue weighted by molar-refractivity contribution is -0.118. The Kier molecular flexibility index (Phi) is 4.90. The van der Waals surface area contributed by atoms with Gasteiger partial charge in [-0.3, -0.25) is 4.79 Å². The molecule has 1 aliphatic rings. The number of piperidine rings is 1. The molecule has 20 heavy (non-hydrogen) atoms. The fraction of sp³-hybridized carbons (Fsp3) is 0.438. The highest BCUT2D eigenvalue weighted by molar-refractivity contribution is 5.92. The molecule has 108 valence electrons. The fourth-order valence-electron chi connectivity index (χ4n) is 2.56. The van der Waals surface area contributed by atoms with Crippen molar-refractivity contribution in [1.29, 1.82) is 0 Å². The molecular weight excluding hydrogens is 255 g/mol. The van der Waals surface area contributed by atoms with E-state index in [0.717, 1.165) is 18.5 Å². The van der Waals surface area contributed by atoms with Crippen LogP contribution in [0.1, 0.15) is 31.7 Å². The van der Waals surface area contributed by atoms with Crippen LogP contribution < -0.4 is 10.6 Å². The first kappa shape index (κ1) is 14.7. The molecule has 2 rings (SSSR count). The highest BCUT2D eigenvalue weighted by Gasteiger charge is 2.28. The Morgan fingerprint density at radius 1 is 1.50 bits per heavy atom. The van der Waals surface area contributed by atoms with Gasteiger partial charge in [-0.1, -0.05) is 18.2 Å². The summed E-state index contributed by atoms with van der Waals surface area (Å²) in [5.41, 5.74) is 1.66. The summed E-state index contributed by atoms with van der Waals surface area (Å²) in [6, 6.07) is 6.66. The lowest BCUT2D eigenvalue weighted by Crippen LogP contribution is -2.50. The number of hydrogen-bond acceptors (Lipinski definition) is 2. The van der Waals surface area contributed by atoms with Crippen LogP contribution in [0.2, 0.25) is 0 Å². The van der Waals surface area contributed by atoms with Crippen molar-refractivity contribution in [3.8, 4) is 0 Å². The van der Waals surface area contributed by atoms with E-state index in [-0.39, 0.29) is 23.7 Å². The third-order valence-corrected chi connectivity index (χ3v) is 3.87. The summed E-state index contributed by atoms with van der Waals surface area (Å²) in [5.74, 6) is -0.126. The Balaban J connectivity index is 2.15. The van der Waals surface area contributed by atoms with E-state index in [4.69, 9.17) is 0 Å². The van der Waals surface area contributed by atoms with Gasteiger partial charge in [0.15, 0.2) is 0 Å². The van der Waals surface area contributed by atoms with Crippen LogP contribution in [-0.2, 0) is 4.79 Å². The predicted molar refractivity (Wildman–Crippen MR) is 78.0 cm³/mol. The number of hydrogen-bond donors (Lipinski definition) is 2. The molecule has 1 aromatic rings. The molecule has 1 amide bonds. The lowest BCUT2D eigenvalue weighted by Gasteiger charge is -2.33. The van der Waals surface area contributed by atoms with Gasteiger partial charge in [0.05, 0.1) is 0 Å². The highest BCUT2D eigenvalue weighted by atomic mass is 19.1. The molecule has 0 aliphatic carbocycles. The molecule has 0 spiro atoms. The summed E-state index contributed by atoms with van der Waals surface area (Å²) in [6.45, 7) is 5.24. The second kappa shape index (κ2) is 6.66. The van der Waals surface area contributed by atoms with Crippen LogP contribution in [0.25, 0.3) is 0 Å². The van der Waals surface area contributed by atoms with Crippen molar-refractivity contribution >= 4 is 5.91 Å². The van der Waals surface area contributed by atoms with Crippen molar-refractivity contribution in [2.75, 3.05) is 13.1 Å². The summed E-state index contributed by atoms with van der Waals surface area (Å²) in [6.07, 6.45) is 2.69. The number of allylic oxidation sites excluding steroid dienone is 1. The third-order valence-electron chi connectivity index (χ3n) is 3.87. The molecule has 1 fully saturated rings. The number of carbonyl (C=O) groups is 1. The molecule has 2 N–H and O–H groups in total. The second-order valence-electron chi connectivity index (χ2n) is 5.21. The summed E-state index contributed by atoms with van der Waals surface area (Å²) in [5, 5.41) is 6.33. The molecular formula is C16H21FN2O. The molecule has 1 saturated heterocycles. The van der Waals surface area contributed by atoms with E-state index in [1.54, 1.807) is 25.1 Å². The molecule has 0 aromatic heterocycles. The zero-order valence-corrected chi connectivity index (χ0v) is 11.9. The van der Waals surface area contributed by atoms with Gasteiger partial charge < -0.3 is 10.6 Å². The van der Waals surface area contributed by atoms with E-state index in [1.165, 1.54) is 6.07 Å². The number of benzene rings is 1. The van der Waals surface area contributed by atoms with Crippen LogP contribution in [0, 0.1) is 5.82 Å². The Morgan fingerprint density at radius 3 is 3.00 bits per heavy atom. The zero-order chi connectivity index (χ0) is 14.5. The minimum absolute atomic E-state index is 0.00653. The summed E-state index contributed by atoms with van der Waals surface area (Å²) >= 11 is 0. The van der Waals surface area contributed by atoms with Crippen molar-refractivity contribution < 1.29 is 9.18 Å². The maximum Gasteiger partial charge on any atom is 0.246 e. The normalized spacial score (nSPS) is 23.4. The second-order valence-corrected chi connectivity index (χ2v) is 5.21. The van der Waals surface area contributed by atoms with E-state index in [2.05, 4.69) is 10.6 Å². The van der Waals surface area contributed by atoms with E-state index in [9.17, 15) is 9.18 Å². The maximum absolute atomic E-state index is 13.4. The molecule has 0 saturated carbocycles. The quantitative estimate of drug-likeness (QED) is 0.832. The lowest BCUT2D eigenvalue weighted by atomic mass is 9.86. The molecule has 1 aliphatic heterocycles. The van der Waals surface area contributed by atoms with Crippen molar-refractivity contribution in [3.05, 3.63) is 47.3 Å². The average Bonchev–Trinajstić information content (AvgIpc) is 2.47. The van der Waals surface area contributed by atoms with Gasteiger partial charge in [0.2, 0.25) is 5.91 Å². The maximum atomic E-state index is 13.4. The van der Waals surface area contributed by atoms with Crippen molar-refractivity contribution in [2.45, 2.75) is 32.2 Å². The molecule has 2 unspecified atom stereocenters. The van der Waals surface area contributed by atoms with Gasteiger partial charge in [-0.15, -0.1) is 0 Å². The van der Waals surface area contributed by atoms with Gasteiger partial charge in [0.25, 0.3) is 0 Å². The van der Waals surface area contributed by atoms with Gasteiger partial charge in [-0.25, -0.2) is 4.39 Å². The van der Waals surface area contributed by atoms with E-state index in [0.29, 0.717) is 12.1 Å². The first-order valence-electron chi connectivity index (χ1n) is 7.01. The standard InChI is InChI=1S/C16H21FN2O/c1-3-11(2)16(20)19-15-10-18-8-7-14(15)12-5-4-6-13(17)9-12/h3-6,9,14-15,18H,7-8,10H2,1-2H3,(H,19,20)/b11-3+. The molecule has 3 nitrogen and oxygen atoms in total. The van der Waals surface area contributed by atoms with Crippen molar-refractivity contribution in [1.82, 2.24) is 10.6 Å². The zero-order valence-electron chi connectivity index (χ0n) is 11.9. The van der Waals surface area contributed by atoms with E-state index >= 15 is 0 Å². The highest BCUT2D eigenvalue weighted by Crippen LogP contribution is 2.26. The number of nitrogens with one attached hydrogen (secondary N) is 2. The van der Waals surface area contributed by atoms with E-state index in [1.807, 2.05) is 13.0 Å². The summed E-state index contributed by atoms with van der Waals surface area (Å²) in [7, 11) is 0. The van der Waals surface area contributed by atoms with Gasteiger partial charge >= 0.3 is 0 Å². The monoisotopic (exact) mass is 276 g/mol. The smallest absolute Gasteiger partial charge is 0.246 e. The number of amides is 1. The van der Waals surface area contributed by atoms with Crippen LogP contribution >= 0.6 is 0 Å². The molecule has 1 aromatic carbocycles. The Hall–Kier alpha value is -1.68. The molecule has 2 atom stereocenters. The van der Waals surface area contributed by atoms with Gasteiger partial charge in [0, 0.05) is 24.1 Å². The predicted octanol–water partition coefficient (Wildman–Crippen LogP) is 2.35. The molecule has 1 heterocycles. The van der Waals surface area contributed by atoms with E-state index < -0.39 is 0 Å². The topological polar surface area (TPSA) is 41.1 Å². The van der Waals surface area contributed by atoms with Gasteiger partial charge in [-0.05, 0) is 44.5 Å². The number of rotatable bonds is 3. The summed E-state index contributed by atoms with van der Waals surface area (Å²) in [4.78, 5) is 12.0. The first-order chi connectivity index (χ1) is 9.61. The molecule has 4 heteroatoms. The fourth-order valence-corrected chi connectivity index (χ4v) is 2.56. The van der Waals surface area contributed by atoms with Crippen LogP contribution in [-0.4, -0.2) is 25.0 Å². The minimum atomic E-state index is -0.226. The minimum Gasteiger partial charge on any atom is -0.348 e. The molecule has 0 radical (unpaired) electrons. The summed E-state index contributed by atoms with van der Waals surface area (Å²) < 4.78 is 13.4. The SMILES string of the molecule is C/C=C(\C)C(=O)NC1CNCCC1c1cccc(F)c1. The van der Waals surface area contributed by atoms with Crippen LogP contribution in [0.15, 0.2) is 35.9 Å². The largest absolute Gasteiger partial charge is 0.348 e. The van der Waals surface area contributed by atoms with Gasteiger partial charge in [0.1, 0.15) is 5.82 Å². The average molecular weight is 276 g/mol. The van der Waals surface area contributed by atoms with Gasteiger partial charge in [-0.2, -0.15) is 0 Å². The number of carbonyl (C=O) groups excluding carboxylic acids is 1. The Labute approximate surface area is 119 Å². The molecule has 0 bridgehead atoms. The van der Waals surface area contributed by atoms with Crippen LogP contribution in [0.3, 0.4) is 0 Å². The van der Waals surface area contributed by atoms with Crippen molar-refractivity contribution in [3.63, 3.8) is 0 Å².